The molecule has 1 heterocycles. The summed E-state index contributed by atoms with van der Waals surface area (Å²) in [6, 6.07) is 0.572. The number of aromatic nitrogens is 1. The molecule has 0 aromatic carbocycles. The number of nitrogens with one attached hydrogen (secondary N) is 1. The van der Waals surface area contributed by atoms with Gasteiger partial charge in [0.05, 0.1) is 11.3 Å². The number of alkyl halides is 3. The van der Waals surface area contributed by atoms with Gasteiger partial charge in [-0.3, -0.25) is 4.79 Å². The number of carboxylic acid groups (broad SMARTS) is 1. The molecule has 0 aliphatic carbocycles. The molecule has 5 nitrogen and oxygen atoms in total. The summed E-state index contributed by atoms with van der Waals surface area (Å²) in [4.78, 5) is 25.9. The van der Waals surface area contributed by atoms with Crippen molar-refractivity contribution in [1.29, 1.82) is 0 Å². The van der Waals surface area contributed by atoms with E-state index in [0.29, 0.717) is 6.07 Å². The van der Waals surface area contributed by atoms with Gasteiger partial charge in [0, 0.05) is 0 Å². The van der Waals surface area contributed by atoms with Crippen molar-refractivity contribution in [1.82, 2.24) is 10.3 Å². The van der Waals surface area contributed by atoms with Gasteiger partial charge in [0.1, 0.15) is 11.7 Å². The first kappa shape index (κ1) is 15.9. The van der Waals surface area contributed by atoms with Gasteiger partial charge in [-0.1, -0.05) is 6.92 Å². The number of hydrogen-bond acceptors (Lipinski definition) is 3. The largest absolute Gasteiger partial charge is 0.480 e. The fraction of sp³-hybridized carbons (Fsp3) is 0.417. The van der Waals surface area contributed by atoms with Gasteiger partial charge >= 0.3 is 12.1 Å². The predicted octanol–water partition coefficient (Wildman–Crippen LogP) is 2.00. The molecule has 0 saturated heterocycles. The topological polar surface area (TPSA) is 79.3 Å². The number of nitrogens with zero attached hydrogens (tertiary/aromatic N) is 1. The summed E-state index contributed by atoms with van der Waals surface area (Å²) in [5.74, 6) is -1.98. The van der Waals surface area contributed by atoms with Crippen LogP contribution in [-0.4, -0.2) is 28.0 Å². The lowest BCUT2D eigenvalue weighted by Gasteiger charge is -2.14. The van der Waals surface area contributed by atoms with Crippen LogP contribution in [0.4, 0.5) is 13.2 Å². The van der Waals surface area contributed by atoms with Crippen LogP contribution in [0.25, 0.3) is 0 Å². The standard InChI is InChI=1S/C12H13F3N2O3/c1-3-8(11(19)20)17-10(18)7-4-5-9(12(13,14)15)16-6(7)2/h4-5,8H,3H2,1-2H3,(H,17,18)(H,19,20). The highest BCUT2D eigenvalue weighted by Gasteiger charge is 2.33. The van der Waals surface area contributed by atoms with E-state index in [4.69, 9.17) is 5.11 Å². The van der Waals surface area contributed by atoms with Gasteiger partial charge in [0.2, 0.25) is 0 Å². The summed E-state index contributed by atoms with van der Waals surface area (Å²) in [6.07, 6.45) is -4.43. The van der Waals surface area contributed by atoms with Crippen LogP contribution in [0.5, 0.6) is 0 Å². The summed E-state index contributed by atoms with van der Waals surface area (Å²) in [7, 11) is 0. The Hall–Kier alpha value is -2.12. The molecule has 0 fully saturated rings. The fourth-order valence-electron chi connectivity index (χ4n) is 1.53. The van der Waals surface area contributed by atoms with Crippen molar-refractivity contribution >= 4 is 11.9 Å². The van der Waals surface area contributed by atoms with Crippen LogP contribution in [0.1, 0.15) is 35.1 Å². The Labute approximate surface area is 112 Å². The molecule has 1 atom stereocenters. The van der Waals surface area contributed by atoms with Crippen LogP contribution in [0.3, 0.4) is 0 Å². The lowest BCUT2D eigenvalue weighted by atomic mass is 10.1. The Morgan fingerprint density at radius 2 is 2.00 bits per heavy atom. The highest BCUT2D eigenvalue weighted by atomic mass is 19.4. The van der Waals surface area contributed by atoms with E-state index in [1.807, 2.05) is 0 Å². The van der Waals surface area contributed by atoms with Crippen molar-refractivity contribution < 1.29 is 27.9 Å². The maximum absolute atomic E-state index is 12.4. The van der Waals surface area contributed by atoms with E-state index in [9.17, 15) is 22.8 Å². The highest BCUT2D eigenvalue weighted by molar-refractivity contribution is 5.97. The number of carbonyl (C=O) groups excluding carboxylic acids is 1. The normalized spacial score (nSPS) is 12.8. The van der Waals surface area contributed by atoms with Crippen LogP contribution < -0.4 is 5.32 Å². The molecule has 1 aromatic heterocycles. The average molecular weight is 290 g/mol. The molecule has 1 unspecified atom stereocenters. The van der Waals surface area contributed by atoms with Gasteiger partial charge in [0.25, 0.3) is 5.91 Å². The van der Waals surface area contributed by atoms with E-state index in [0.717, 1.165) is 6.07 Å². The molecule has 0 saturated carbocycles. The summed E-state index contributed by atoms with van der Waals surface area (Å²) in [6.45, 7) is 2.82. The van der Waals surface area contributed by atoms with Gasteiger partial charge < -0.3 is 10.4 Å². The van der Waals surface area contributed by atoms with Gasteiger partial charge in [-0.25, -0.2) is 9.78 Å². The average Bonchev–Trinajstić information content (AvgIpc) is 2.33. The molecule has 0 aliphatic heterocycles. The summed E-state index contributed by atoms with van der Waals surface area (Å²) >= 11 is 0. The molecule has 1 amide bonds. The maximum atomic E-state index is 12.4. The van der Waals surface area contributed by atoms with Crippen LogP contribution in [0, 0.1) is 6.92 Å². The van der Waals surface area contributed by atoms with Crippen molar-refractivity contribution in [2.24, 2.45) is 0 Å². The minimum atomic E-state index is -4.59. The van der Waals surface area contributed by atoms with Crippen molar-refractivity contribution in [2.75, 3.05) is 0 Å². The zero-order valence-electron chi connectivity index (χ0n) is 10.8. The molecule has 0 radical (unpaired) electrons. The Morgan fingerprint density at radius 3 is 2.40 bits per heavy atom. The van der Waals surface area contributed by atoms with Crippen molar-refractivity contribution in [3.05, 3.63) is 29.1 Å². The number of carboxylic acids is 1. The first-order valence-corrected chi connectivity index (χ1v) is 5.75. The number of aryl methyl sites for hydroxylation is 1. The zero-order valence-corrected chi connectivity index (χ0v) is 10.8. The van der Waals surface area contributed by atoms with Gasteiger partial charge in [-0.15, -0.1) is 0 Å². The van der Waals surface area contributed by atoms with Crippen LogP contribution >= 0.6 is 0 Å². The fourth-order valence-corrected chi connectivity index (χ4v) is 1.53. The maximum Gasteiger partial charge on any atom is 0.433 e. The molecule has 1 rings (SSSR count). The minimum Gasteiger partial charge on any atom is -0.480 e. The number of halogens is 3. The van der Waals surface area contributed by atoms with Crippen LogP contribution in [0.2, 0.25) is 0 Å². The van der Waals surface area contributed by atoms with Gasteiger partial charge in [0.15, 0.2) is 0 Å². The molecule has 0 bridgehead atoms. The number of aliphatic carboxylic acids is 1. The third kappa shape index (κ3) is 3.69. The molecule has 110 valence electrons. The SMILES string of the molecule is CCC(NC(=O)c1ccc(C(F)(F)F)nc1C)C(=O)O. The van der Waals surface area contributed by atoms with E-state index in [1.165, 1.54) is 6.92 Å². The number of hydrogen-bond donors (Lipinski definition) is 2. The minimum absolute atomic E-state index is 0.0855. The predicted molar refractivity (Wildman–Crippen MR) is 63.2 cm³/mol. The molecule has 0 aliphatic rings. The third-order valence-corrected chi connectivity index (χ3v) is 2.63. The third-order valence-electron chi connectivity index (χ3n) is 2.63. The summed E-state index contributed by atoms with van der Waals surface area (Å²) < 4.78 is 37.3. The first-order chi connectivity index (χ1) is 9.16. The zero-order chi connectivity index (χ0) is 15.5. The Morgan fingerprint density at radius 1 is 1.40 bits per heavy atom. The van der Waals surface area contributed by atoms with Crippen LogP contribution in [0.15, 0.2) is 12.1 Å². The van der Waals surface area contributed by atoms with E-state index in [1.54, 1.807) is 6.92 Å². The van der Waals surface area contributed by atoms with E-state index in [-0.39, 0.29) is 17.7 Å². The molecule has 8 heteroatoms. The summed E-state index contributed by atoms with van der Waals surface area (Å²) in [5.41, 5.74) is -1.30. The van der Waals surface area contributed by atoms with Gasteiger partial charge in [-0.2, -0.15) is 13.2 Å². The second-order valence-electron chi connectivity index (χ2n) is 4.10. The molecule has 1 aromatic rings. The van der Waals surface area contributed by atoms with Crippen LogP contribution in [-0.2, 0) is 11.0 Å². The number of amides is 1. The molecule has 20 heavy (non-hydrogen) atoms. The molecule has 2 N–H and O–H groups in total. The Bertz CT molecular complexity index is 529. The highest BCUT2D eigenvalue weighted by Crippen LogP contribution is 2.28. The van der Waals surface area contributed by atoms with Crippen molar-refractivity contribution in [2.45, 2.75) is 32.5 Å². The second kappa shape index (κ2) is 5.89. The van der Waals surface area contributed by atoms with Crippen molar-refractivity contribution in [3.8, 4) is 0 Å². The smallest absolute Gasteiger partial charge is 0.433 e. The van der Waals surface area contributed by atoms with Gasteiger partial charge in [-0.05, 0) is 25.5 Å². The summed E-state index contributed by atoms with van der Waals surface area (Å²) in [5, 5.41) is 11.0. The van der Waals surface area contributed by atoms with E-state index in [2.05, 4.69) is 10.3 Å². The van der Waals surface area contributed by atoms with E-state index >= 15 is 0 Å². The number of carbonyl (C=O) groups is 2. The van der Waals surface area contributed by atoms with Crippen molar-refractivity contribution in [3.63, 3.8) is 0 Å². The number of rotatable bonds is 4. The lowest BCUT2D eigenvalue weighted by molar-refractivity contribution is -0.141. The quantitative estimate of drug-likeness (QED) is 0.889. The molecular formula is C12H13F3N2O3. The Kier molecular flexibility index (Phi) is 4.69. The first-order valence-electron chi connectivity index (χ1n) is 5.75. The second-order valence-corrected chi connectivity index (χ2v) is 4.10. The lowest BCUT2D eigenvalue weighted by Crippen LogP contribution is -2.40. The molecular weight excluding hydrogens is 277 g/mol. The van der Waals surface area contributed by atoms with E-state index < -0.39 is 29.8 Å². The number of pyridine rings is 1. The Balaban J connectivity index is 2.98. The monoisotopic (exact) mass is 290 g/mol. The molecule has 0 spiro atoms.